The molecule has 0 aliphatic carbocycles. The summed E-state index contributed by atoms with van der Waals surface area (Å²) in [7, 11) is 1.65. The molecule has 1 amide bonds. The number of amides is 1. The first kappa shape index (κ1) is 20.0. The van der Waals surface area contributed by atoms with Crippen molar-refractivity contribution in [2.45, 2.75) is 6.54 Å². The van der Waals surface area contributed by atoms with Crippen molar-refractivity contribution in [2.24, 2.45) is 0 Å². The van der Waals surface area contributed by atoms with Crippen LogP contribution in [-0.4, -0.2) is 32.5 Å². The zero-order valence-electron chi connectivity index (χ0n) is 18.4. The van der Waals surface area contributed by atoms with E-state index in [-0.39, 0.29) is 12.5 Å². The van der Waals surface area contributed by atoms with Crippen LogP contribution in [-0.2, 0) is 11.3 Å². The number of pyridine rings is 2. The maximum absolute atomic E-state index is 13.0. The van der Waals surface area contributed by atoms with Gasteiger partial charge >= 0.3 is 0 Å². The van der Waals surface area contributed by atoms with E-state index in [1.165, 1.54) is 0 Å². The number of hydrogen-bond acceptors (Lipinski definition) is 4. The summed E-state index contributed by atoms with van der Waals surface area (Å²) in [6, 6.07) is 21.6. The smallest absolute Gasteiger partial charge is 0.244 e. The first-order valence-corrected chi connectivity index (χ1v) is 10.9. The largest absolute Gasteiger partial charge is 0.497 e. The SMILES string of the molecule is COc1ccc2c(c1)c(-c1cc3cccnc3[nH]1)cn2CC(=O)Nc1cnc2ccccc2c1. The van der Waals surface area contributed by atoms with Gasteiger partial charge in [0.25, 0.3) is 0 Å². The fourth-order valence-electron chi connectivity index (χ4n) is 4.35. The summed E-state index contributed by atoms with van der Waals surface area (Å²) >= 11 is 0. The molecule has 0 aliphatic heterocycles. The number of H-pyrrole nitrogens is 1. The Morgan fingerprint density at radius 3 is 2.79 bits per heavy atom. The Kier molecular flexibility index (Phi) is 4.73. The summed E-state index contributed by atoms with van der Waals surface area (Å²) in [5.74, 6) is 0.627. The predicted molar refractivity (Wildman–Crippen MR) is 134 cm³/mol. The molecule has 6 rings (SSSR count). The lowest BCUT2D eigenvalue weighted by Gasteiger charge is -2.08. The monoisotopic (exact) mass is 447 g/mol. The predicted octanol–water partition coefficient (Wildman–Crippen LogP) is 5.38. The van der Waals surface area contributed by atoms with Crippen molar-refractivity contribution in [1.29, 1.82) is 0 Å². The molecule has 0 radical (unpaired) electrons. The highest BCUT2D eigenvalue weighted by Crippen LogP contribution is 2.34. The molecular weight excluding hydrogens is 426 g/mol. The van der Waals surface area contributed by atoms with Crippen molar-refractivity contribution in [3.8, 4) is 17.0 Å². The zero-order chi connectivity index (χ0) is 23.1. The molecule has 7 nitrogen and oxygen atoms in total. The van der Waals surface area contributed by atoms with Gasteiger partial charge in [-0.2, -0.15) is 0 Å². The Morgan fingerprint density at radius 1 is 1.03 bits per heavy atom. The molecule has 0 saturated carbocycles. The van der Waals surface area contributed by atoms with Gasteiger partial charge in [0.05, 0.1) is 24.5 Å². The van der Waals surface area contributed by atoms with Crippen LogP contribution < -0.4 is 10.1 Å². The highest BCUT2D eigenvalue weighted by Gasteiger charge is 2.16. The minimum absolute atomic E-state index is 0.130. The van der Waals surface area contributed by atoms with Crippen molar-refractivity contribution in [3.63, 3.8) is 0 Å². The highest BCUT2D eigenvalue weighted by molar-refractivity contribution is 6.00. The van der Waals surface area contributed by atoms with E-state index in [4.69, 9.17) is 4.74 Å². The van der Waals surface area contributed by atoms with Gasteiger partial charge in [0.2, 0.25) is 5.91 Å². The van der Waals surface area contributed by atoms with E-state index >= 15 is 0 Å². The van der Waals surface area contributed by atoms with E-state index in [1.54, 1.807) is 19.5 Å². The Labute approximate surface area is 195 Å². The molecule has 0 bridgehead atoms. The number of fused-ring (bicyclic) bond motifs is 3. The number of anilines is 1. The fraction of sp³-hybridized carbons (Fsp3) is 0.0741. The van der Waals surface area contributed by atoms with Gasteiger partial charge in [-0.05, 0) is 48.5 Å². The number of nitrogens with zero attached hydrogens (tertiary/aromatic N) is 3. The highest BCUT2D eigenvalue weighted by atomic mass is 16.5. The lowest BCUT2D eigenvalue weighted by molar-refractivity contribution is -0.116. The van der Waals surface area contributed by atoms with Gasteiger partial charge in [0.1, 0.15) is 17.9 Å². The number of methoxy groups -OCH3 is 1. The Morgan fingerprint density at radius 2 is 1.91 bits per heavy atom. The van der Waals surface area contributed by atoms with Crippen LogP contribution in [0.5, 0.6) is 5.75 Å². The van der Waals surface area contributed by atoms with Crippen LogP contribution in [0.4, 0.5) is 5.69 Å². The number of rotatable bonds is 5. The van der Waals surface area contributed by atoms with Crippen LogP contribution in [0.15, 0.2) is 85.3 Å². The minimum atomic E-state index is -0.130. The number of carbonyl (C=O) groups is 1. The zero-order valence-corrected chi connectivity index (χ0v) is 18.4. The minimum Gasteiger partial charge on any atom is -0.497 e. The third-order valence-electron chi connectivity index (χ3n) is 5.96. The van der Waals surface area contributed by atoms with Crippen LogP contribution in [0.1, 0.15) is 0 Å². The average molecular weight is 447 g/mol. The topological polar surface area (TPSA) is 84.8 Å². The van der Waals surface area contributed by atoms with Gasteiger partial charge < -0.3 is 19.6 Å². The maximum atomic E-state index is 13.0. The summed E-state index contributed by atoms with van der Waals surface area (Å²) in [5.41, 5.74) is 5.24. The number of aromatic amines is 1. The molecule has 0 atom stereocenters. The first-order chi connectivity index (χ1) is 16.7. The molecule has 0 unspecified atom stereocenters. The average Bonchev–Trinajstić information content (AvgIpc) is 3.45. The second-order valence-electron chi connectivity index (χ2n) is 8.14. The molecule has 0 spiro atoms. The normalized spacial score (nSPS) is 11.3. The number of carbonyl (C=O) groups excluding carboxylic acids is 1. The van der Waals surface area contributed by atoms with E-state index in [0.717, 1.165) is 49.8 Å². The van der Waals surface area contributed by atoms with Gasteiger partial charge in [-0.1, -0.05) is 18.2 Å². The number of benzene rings is 2. The van der Waals surface area contributed by atoms with Gasteiger partial charge in [-0.3, -0.25) is 9.78 Å². The van der Waals surface area contributed by atoms with Gasteiger partial charge in [0, 0.05) is 45.3 Å². The molecule has 7 heteroatoms. The molecule has 4 aromatic heterocycles. The Bertz CT molecular complexity index is 1650. The van der Waals surface area contributed by atoms with Gasteiger partial charge in [-0.15, -0.1) is 0 Å². The lowest BCUT2D eigenvalue weighted by atomic mass is 10.1. The van der Waals surface area contributed by atoms with E-state index in [2.05, 4.69) is 26.3 Å². The molecule has 0 aliphatic rings. The fourth-order valence-corrected chi connectivity index (χ4v) is 4.35. The summed E-state index contributed by atoms with van der Waals surface area (Å²) in [4.78, 5) is 25.2. The van der Waals surface area contributed by atoms with Crippen molar-refractivity contribution in [2.75, 3.05) is 12.4 Å². The molecule has 6 aromatic rings. The number of aromatic nitrogens is 4. The standard InChI is InChI=1S/C27H21N5O2/c1-34-20-8-9-25-21(13-20)22(24-12-18-6-4-10-28-27(18)31-24)15-32(25)16-26(33)30-19-11-17-5-2-3-7-23(17)29-14-19/h2-15H,16H2,1H3,(H,28,31)(H,30,33). The summed E-state index contributed by atoms with van der Waals surface area (Å²) in [6.45, 7) is 0.161. The first-order valence-electron chi connectivity index (χ1n) is 10.9. The van der Waals surface area contributed by atoms with Gasteiger partial charge in [-0.25, -0.2) is 4.98 Å². The van der Waals surface area contributed by atoms with E-state index < -0.39 is 0 Å². The van der Waals surface area contributed by atoms with Crippen molar-refractivity contribution in [1.82, 2.24) is 19.5 Å². The Balaban J connectivity index is 1.36. The molecular formula is C27H21N5O2. The maximum Gasteiger partial charge on any atom is 0.244 e. The number of nitrogens with one attached hydrogen (secondary N) is 2. The van der Waals surface area contributed by atoms with Crippen molar-refractivity contribution < 1.29 is 9.53 Å². The molecule has 4 heterocycles. The number of para-hydroxylation sites is 1. The van der Waals surface area contributed by atoms with Gasteiger partial charge in [0.15, 0.2) is 0 Å². The van der Waals surface area contributed by atoms with E-state index in [0.29, 0.717) is 5.69 Å². The molecule has 0 saturated heterocycles. The summed E-state index contributed by atoms with van der Waals surface area (Å²) < 4.78 is 7.41. The third-order valence-corrected chi connectivity index (χ3v) is 5.96. The molecule has 166 valence electrons. The lowest BCUT2D eigenvalue weighted by Crippen LogP contribution is -2.18. The summed E-state index contributed by atoms with van der Waals surface area (Å²) in [5, 5.41) is 5.98. The molecule has 2 N–H and O–H groups in total. The van der Waals surface area contributed by atoms with Crippen LogP contribution in [0, 0.1) is 0 Å². The number of hydrogen-bond donors (Lipinski definition) is 2. The van der Waals surface area contributed by atoms with Crippen LogP contribution >= 0.6 is 0 Å². The van der Waals surface area contributed by atoms with Crippen LogP contribution in [0.3, 0.4) is 0 Å². The van der Waals surface area contributed by atoms with Crippen molar-refractivity contribution in [3.05, 3.63) is 85.3 Å². The van der Waals surface area contributed by atoms with Crippen molar-refractivity contribution >= 4 is 44.4 Å². The number of ether oxygens (including phenoxy) is 1. The molecule has 0 fully saturated rings. The van der Waals surface area contributed by atoms with Crippen LogP contribution in [0.2, 0.25) is 0 Å². The van der Waals surface area contributed by atoms with E-state index in [9.17, 15) is 4.79 Å². The Hall–Kier alpha value is -4.65. The third kappa shape index (κ3) is 3.53. The van der Waals surface area contributed by atoms with Crippen LogP contribution in [0.25, 0.3) is 44.1 Å². The summed E-state index contributed by atoms with van der Waals surface area (Å²) in [6.07, 6.45) is 5.44. The second-order valence-corrected chi connectivity index (χ2v) is 8.14. The quantitative estimate of drug-likeness (QED) is 0.372. The molecule has 2 aromatic carbocycles. The second kappa shape index (κ2) is 8.04. The molecule has 34 heavy (non-hydrogen) atoms. The van der Waals surface area contributed by atoms with E-state index in [1.807, 2.05) is 71.4 Å².